The van der Waals surface area contributed by atoms with E-state index >= 15 is 0 Å². The van der Waals surface area contributed by atoms with E-state index in [2.05, 4.69) is 13.5 Å². The number of allylic oxidation sites excluding steroid dienone is 1. The number of ether oxygens (including phenoxy) is 5. The summed E-state index contributed by atoms with van der Waals surface area (Å²) in [6, 6.07) is 0. The molecular weight excluding hydrogens is 388 g/mol. The fourth-order valence-corrected chi connectivity index (χ4v) is 2.44. The highest BCUT2D eigenvalue weighted by Gasteiger charge is 2.15. The van der Waals surface area contributed by atoms with E-state index in [1.165, 1.54) is 38.5 Å². The molecule has 0 bridgehead atoms. The molecule has 30 heavy (non-hydrogen) atoms. The zero-order valence-corrected chi connectivity index (χ0v) is 18.9. The van der Waals surface area contributed by atoms with E-state index in [0.29, 0.717) is 38.6 Å². The summed E-state index contributed by atoms with van der Waals surface area (Å²) in [7, 11) is 0. The van der Waals surface area contributed by atoms with Crippen LogP contribution < -0.4 is 0 Å². The first-order chi connectivity index (χ1) is 14.6. The Bertz CT molecular complexity index is 437. The van der Waals surface area contributed by atoms with E-state index in [-0.39, 0.29) is 13.2 Å². The average Bonchev–Trinajstić information content (AvgIpc) is 2.73. The lowest BCUT2D eigenvalue weighted by molar-refractivity contribution is -0.175. The molecule has 176 valence electrons. The molecule has 0 spiro atoms. The van der Waals surface area contributed by atoms with Crippen LogP contribution in [-0.2, 0) is 28.5 Å². The summed E-state index contributed by atoms with van der Waals surface area (Å²) < 4.78 is 26.7. The Morgan fingerprint density at radius 3 is 2.17 bits per heavy atom. The van der Waals surface area contributed by atoms with Crippen molar-refractivity contribution in [1.29, 1.82) is 0 Å². The smallest absolute Gasteiger partial charge is 0.336 e. The summed E-state index contributed by atoms with van der Waals surface area (Å²) in [5.41, 5.74) is 0.307. The highest BCUT2D eigenvalue weighted by Crippen LogP contribution is 2.09. The molecule has 0 rings (SSSR count). The zero-order valence-electron chi connectivity index (χ0n) is 18.9. The number of aliphatic hydroxyl groups excluding tert-OH is 1. The van der Waals surface area contributed by atoms with Gasteiger partial charge in [-0.2, -0.15) is 0 Å². The second-order valence-corrected chi connectivity index (χ2v) is 7.06. The standard InChI is InChI=1S/C23H42O7/c1-4-5-6-7-8-9-10-11-12-14-29-22(30-23(25)21(2)3)20-28-19-18-27-17-16-26-15-13-24/h12,14,22,24H,2,4-11,13,15-20H2,1,3H3/b14-12+. The van der Waals surface area contributed by atoms with Crippen LogP contribution >= 0.6 is 0 Å². The van der Waals surface area contributed by atoms with Crippen LogP contribution in [0.5, 0.6) is 0 Å². The first-order valence-electron chi connectivity index (χ1n) is 11.1. The maximum Gasteiger partial charge on any atom is 0.336 e. The van der Waals surface area contributed by atoms with Crippen molar-refractivity contribution in [3.63, 3.8) is 0 Å². The van der Waals surface area contributed by atoms with Gasteiger partial charge >= 0.3 is 5.97 Å². The molecule has 0 amide bonds. The lowest BCUT2D eigenvalue weighted by atomic mass is 10.1. The minimum Gasteiger partial charge on any atom is -0.460 e. The Morgan fingerprint density at radius 1 is 0.933 bits per heavy atom. The molecule has 0 radical (unpaired) electrons. The molecule has 7 heteroatoms. The minimum absolute atomic E-state index is 0.000889. The van der Waals surface area contributed by atoms with Gasteiger partial charge in [0.1, 0.15) is 6.61 Å². The highest BCUT2D eigenvalue weighted by atomic mass is 16.7. The molecule has 1 unspecified atom stereocenters. The van der Waals surface area contributed by atoms with Gasteiger partial charge in [-0.3, -0.25) is 0 Å². The molecule has 0 aliphatic rings. The van der Waals surface area contributed by atoms with Crippen LogP contribution in [0.1, 0.15) is 65.2 Å². The molecule has 0 fully saturated rings. The number of hydrogen-bond donors (Lipinski definition) is 1. The monoisotopic (exact) mass is 430 g/mol. The molecule has 0 saturated heterocycles. The summed E-state index contributed by atoms with van der Waals surface area (Å²) in [4.78, 5) is 11.8. The molecular formula is C23H42O7. The summed E-state index contributed by atoms with van der Waals surface area (Å²) in [5.74, 6) is -0.513. The van der Waals surface area contributed by atoms with E-state index in [0.717, 1.165) is 12.8 Å². The Balaban J connectivity index is 3.94. The van der Waals surface area contributed by atoms with E-state index in [4.69, 9.17) is 28.8 Å². The van der Waals surface area contributed by atoms with Gasteiger partial charge in [-0.25, -0.2) is 4.79 Å². The summed E-state index contributed by atoms with van der Waals surface area (Å²) in [6.45, 7) is 9.37. The molecule has 0 aliphatic carbocycles. The van der Waals surface area contributed by atoms with Crippen LogP contribution in [0.3, 0.4) is 0 Å². The van der Waals surface area contributed by atoms with Crippen LogP contribution in [0.4, 0.5) is 0 Å². The van der Waals surface area contributed by atoms with Crippen molar-refractivity contribution >= 4 is 5.97 Å². The van der Waals surface area contributed by atoms with Crippen molar-refractivity contribution in [2.75, 3.05) is 46.2 Å². The summed E-state index contributed by atoms with van der Waals surface area (Å²) in [6.07, 6.45) is 12.5. The van der Waals surface area contributed by atoms with Gasteiger partial charge in [0, 0.05) is 5.57 Å². The molecule has 0 aromatic heterocycles. The largest absolute Gasteiger partial charge is 0.460 e. The molecule has 0 aliphatic heterocycles. The maximum absolute atomic E-state index is 11.8. The number of unbranched alkanes of at least 4 members (excludes halogenated alkanes) is 7. The quantitative estimate of drug-likeness (QED) is 0.0908. The fourth-order valence-electron chi connectivity index (χ4n) is 2.44. The molecule has 0 aromatic carbocycles. The van der Waals surface area contributed by atoms with Crippen molar-refractivity contribution in [3.05, 3.63) is 24.5 Å². The Kier molecular flexibility index (Phi) is 21.2. The van der Waals surface area contributed by atoms with Gasteiger partial charge in [0.25, 0.3) is 6.29 Å². The minimum atomic E-state index is -0.826. The third-order valence-electron chi connectivity index (χ3n) is 4.12. The Labute approximate surface area is 182 Å². The van der Waals surface area contributed by atoms with Gasteiger partial charge < -0.3 is 28.8 Å². The number of carbonyl (C=O) groups is 1. The molecule has 0 saturated carbocycles. The van der Waals surface area contributed by atoms with Crippen molar-refractivity contribution in [1.82, 2.24) is 0 Å². The second kappa shape index (κ2) is 22.3. The molecule has 0 heterocycles. The van der Waals surface area contributed by atoms with Gasteiger partial charge in [0.2, 0.25) is 0 Å². The van der Waals surface area contributed by atoms with E-state index in [1.807, 2.05) is 6.08 Å². The molecule has 7 nitrogen and oxygen atoms in total. The van der Waals surface area contributed by atoms with Crippen molar-refractivity contribution in [3.8, 4) is 0 Å². The van der Waals surface area contributed by atoms with Crippen LogP contribution in [0.15, 0.2) is 24.5 Å². The SMILES string of the molecule is C=C(C)C(=O)OC(COCCOCCOCCO)O/C=C/CCCCCCCCC. The predicted octanol–water partition coefficient (Wildman–Crippen LogP) is 4.14. The van der Waals surface area contributed by atoms with Crippen molar-refractivity contribution in [2.45, 2.75) is 71.5 Å². The highest BCUT2D eigenvalue weighted by molar-refractivity contribution is 5.87. The third-order valence-corrected chi connectivity index (χ3v) is 4.12. The fraction of sp³-hybridized carbons (Fsp3) is 0.783. The van der Waals surface area contributed by atoms with Crippen LogP contribution in [0, 0.1) is 0 Å². The van der Waals surface area contributed by atoms with E-state index in [9.17, 15) is 4.79 Å². The zero-order chi connectivity index (χ0) is 22.3. The predicted molar refractivity (Wildman–Crippen MR) is 117 cm³/mol. The number of hydrogen-bond acceptors (Lipinski definition) is 7. The van der Waals surface area contributed by atoms with Crippen molar-refractivity contribution < 1.29 is 33.6 Å². The summed E-state index contributed by atoms with van der Waals surface area (Å²) >= 11 is 0. The lowest BCUT2D eigenvalue weighted by Gasteiger charge is -2.17. The van der Waals surface area contributed by atoms with Crippen LogP contribution in [-0.4, -0.2) is 63.6 Å². The first-order valence-corrected chi connectivity index (χ1v) is 11.1. The lowest BCUT2D eigenvalue weighted by Crippen LogP contribution is -2.26. The average molecular weight is 431 g/mol. The van der Waals surface area contributed by atoms with E-state index < -0.39 is 12.3 Å². The van der Waals surface area contributed by atoms with Crippen molar-refractivity contribution in [2.24, 2.45) is 0 Å². The number of carbonyl (C=O) groups excluding carboxylic acids is 1. The van der Waals surface area contributed by atoms with Crippen LogP contribution in [0.2, 0.25) is 0 Å². The molecule has 0 aromatic rings. The van der Waals surface area contributed by atoms with Gasteiger partial charge in [-0.1, -0.05) is 52.0 Å². The van der Waals surface area contributed by atoms with E-state index in [1.54, 1.807) is 13.2 Å². The Hall–Kier alpha value is -1.41. The number of esters is 1. The Morgan fingerprint density at radius 2 is 1.53 bits per heavy atom. The van der Waals surface area contributed by atoms with Gasteiger partial charge in [-0.15, -0.1) is 0 Å². The molecule has 1 N–H and O–H groups in total. The third kappa shape index (κ3) is 19.9. The first kappa shape index (κ1) is 28.6. The second-order valence-electron chi connectivity index (χ2n) is 7.06. The topological polar surface area (TPSA) is 83.5 Å². The molecule has 1 atom stereocenters. The van der Waals surface area contributed by atoms with Crippen LogP contribution in [0.25, 0.3) is 0 Å². The van der Waals surface area contributed by atoms with Gasteiger partial charge in [0.05, 0.1) is 45.9 Å². The summed E-state index contributed by atoms with van der Waals surface area (Å²) in [5, 5.41) is 8.60. The number of aliphatic hydroxyl groups is 1. The van der Waals surface area contributed by atoms with Gasteiger partial charge in [0.15, 0.2) is 0 Å². The normalized spacial score (nSPS) is 12.2. The number of rotatable bonds is 22. The maximum atomic E-state index is 11.8. The van der Waals surface area contributed by atoms with Gasteiger partial charge in [-0.05, 0) is 25.8 Å².